The van der Waals surface area contributed by atoms with Gasteiger partial charge in [-0.1, -0.05) is 18.2 Å². The van der Waals surface area contributed by atoms with Gasteiger partial charge in [0.2, 0.25) is 5.43 Å². The number of benzene rings is 1. The van der Waals surface area contributed by atoms with Crippen molar-refractivity contribution in [2.24, 2.45) is 0 Å². The van der Waals surface area contributed by atoms with E-state index in [4.69, 9.17) is 4.74 Å². The van der Waals surface area contributed by atoms with Crippen LogP contribution in [0.4, 0.5) is 0 Å². The van der Waals surface area contributed by atoms with Gasteiger partial charge >= 0.3 is 0 Å². The van der Waals surface area contributed by atoms with E-state index in [1.165, 1.54) is 0 Å². The maximum atomic E-state index is 12.0. The predicted octanol–water partition coefficient (Wildman–Crippen LogP) is 5.00. The average molecular weight is 429 g/mol. The molecular formula is C17H19Br2NO2. The summed E-state index contributed by atoms with van der Waals surface area (Å²) >= 11 is 6.68. The molecule has 0 bridgehead atoms. The fourth-order valence-corrected chi connectivity index (χ4v) is 3.26. The topological polar surface area (TPSA) is 42.1 Å². The van der Waals surface area contributed by atoms with Gasteiger partial charge in [0, 0.05) is 11.4 Å². The summed E-state index contributed by atoms with van der Waals surface area (Å²) in [5.74, 6) is 0.915. The number of halogens is 2. The molecule has 5 heteroatoms. The lowest BCUT2D eigenvalue weighted by atomic mass is 10.1. The molecule has 2 aromatic rings. The van der Waals surface area contributed by atoms with Gasteiger partial charge in [-0.15, -0.1) is 0 Å². The summed E-state index contributed by atoms with van der Waals surface area (Å²) in [7, 11) is 0. The Labute approximate surface area is 147 Å². The first kappa shape index (κ1) is 17.3. The zero-order valence-electron chi connectivity index (χ0n) is 12.5. The van der Waals surface area contributed by atoms with E-state index in [0.29, 0.717) is 8.95 Å². The van der Waals surface area contributed by atoms with E-state index in [2.05, 4.69) is 36.8 Å². The highest BCUT2D eigenvalue weighted by atomic mass is 79.9. The molecule has 2 rings (SSSR count). The third kappa shape index (κ3) is 4.71. The number of ether oxygens (including phenoxy) is 1. The van der Waals surface area contributed by atoms with Crippen LogP contribution >= 0.6 is 31.9 Å². The molecule has 0 aliphatic rings. The SMILES string of the molecule is Cc1[nH]c(CCCCCOc2ccccc2)c(Br)c(=O)c1Br. The molecule has 3 nitrogen and oxygen atoms in total. The number of unbranched alkanes of at least 4 members (excludes halogenated alkanes) is 2. The van der Waals surface area contributed by atoms with Crippen molar-refractivity contribution >= 4 is 31.9 Å². The van der Waals surface area contributed by atoms with E-state index < -0.39 is 0 Å². The summed E-state index contributed by atoms with van der Waals surface area (Å²) in [6.07, 6.45) is 3.95. The van der Waals surface area contributed by atoms with Crippen LogP contribution in [0, 0.1) is 6.92 Å². The van der Waals surface area contributed by atoms with Crippen molar-refractivity contribution in [1.82, 2.24) is 4.98 Å². The second kappa shape index (κ2) is 8.53. The van der Waals surface area contributed by atoms with Crippen molar-refractivity contribution in [3.8, 4) is 5.75 Å². The summed E-state index contributed by atoms with van der Waals surface area (Å²) in [5, 5.41) is 0. The lowest BCUT2D eigenvalue weighted by Gasteiger charge is -2.08. The van der Waals surface area contributed by atoms with E-state index in [0.717, 1.165) is 49.4 Å². The monoisotopic (exact) mass is 427 g/mol. The highest BCUT2D eigenvalue weighted by Crippen LogP contribution is 2.19. The van der Waals surface area contributed by atoms with Crippen molar-refractivity contribution in [2.45, 2.75) is 32.6 Å². The van der Waals surface area contributed by atoms with Gasteiger partial charge in [0.1, 0.15) is 5.75 Å². The molecule has 1 heterocycles. The van der Waals surface area contributed by atoms with Gasteiger partial charge in [-0.2, -0.15) is 0 Å². The van der Waals surface area contributed by atoms with Crippen LogP contribution in [-0.4, -0.2) is 11.6 Å². The highest BCUT2D eigenvalue weighted by Gasteiger charge is 2.10. The van der Waals surface area contributed by atoms with Gasteiger partial charge in [-0.05, 0) is 76.6 Å². The Morgan fingerprint density at radius 3 is 2.50 bits per heavy atom. The minimum Gasteiger partial charge on any atom is -0.494 e. The molecule has 0 saturated heterocycles. The van der Waals surface area contributed by atoms with Crippen molar-refractivity contribution in [3.63, 3.8) is 0 Å². The Bertz CT molecular complexity index is 668. The van der Waals surface area contributed by atoms with Gasteiger partial charge in [-0.25, -0.2) is 0 Å². The molecule has 0 saturated carbocycles. The lowest BCUT2D eigenvalue weighted by molar-refractivity contribution is 0.305. The molecule has 22 heavy (non-hydrogen) atoms. The summed E-state index contributed by atoms with van der Waals surface area (Å²) < 4.78 is 6.89. The van der Waals surface area contributed by atoms with Crippen molar-refractivity contribution in [1.29, 1.82) is 0 Å². The first-order valence-electron chi connectivity index (χ1n) is 7.34. The molecule has 1 N–H and O–H groups in total. The second-order valence-corrected chi connectivity index (χ2v) is 6.74. The first-order chi connectivity index (χ1) is 10.6. The summed E-state index contributed by atoms with van der Waals surface area (Å²) in [6.45, 7) is 2.62. The second-order valence-electron chi connectivity index (χ2n) is 5.16. The number of aromatic nitrogens is 1. The van der Waals surface area contributed by atoms with Gasteiger partial charge in [-0.3, -0.25) is 4.79 Å². The number of para-hydroxylation sites is 1. The maximum Gasteiger partial charge on any atom is 0.210 e. The van der Waals surface area contributed by atoms with Crippen LogP contribution in [0.25, 0.3) is 0 Å². The number of rotatable bonds is 7. The predicted molar refractivity (Wildman–Crippen MR) is 96.7 cm³/mol. The van der Waals surface area contributed by atoms with Gasteiger partial charge in [0.05, 0.1) is 15.6 Å². The number of hydrogen-bond donors (Lipinski definition) is 1. The van der Waals surface area contributed by atoms with Crippen LogP contribution in [0.5, 0.6) is 5.75 Å². The Morgan fingerprint density at radius 1 is 1.05 bits per heavy atom. The van der Waals surface area contributed by atoms with Crippen LogP contribution in [-0.2, 0) is 6.42 Å². The minimum atomic E-state index is 0.0126. The number of H-pyrrole nitrogens is 1. The van der Waals surface area contributed by atoms with Crippen molar-refractivity contribution in [3.05, 3.63) is 60.9 Å². The minimum absolute atomic E-state index is 0.0126. The fraction of sp³-hybridized carbons (Fsp3) is 0.353. The quantitative estimate of drug-likeness (QED) is 0.630. The standard InChI is InChI=1S/C17H19Br2NO2/c1-12-15(18)17(21)16(19)14(20-12)10-6-3-7-11-22-13-8-4-2-5-9-13/h2,4-5,8-9H,3,6-7,10-11H2,1H3,(H,20,21). The molecule has 0 unspecified atom stereocenters. The molecule has 0 radical (unpaired) electrons. The average Bonchev–Trinajstić information content (AvgIpc) is 2.54. The number of pyridine rings is 1. The Kier molecular flexibility index (Phi) is 6.70. The van der Waals surface area contributed by atoms with E-state index in [9.17, 15) is 4.79 Å². The number of aryl methyl sites for hydroxylation is 2. The van der Waals surface area contributed by atoms with E-state index in [1.54, 1.807) is 0 Å². The van der Waals surface area contributed by atoms with Crippen LogP contribution < -0.4 is 10.2 Å². The number of hydrogen-bond acceptors (Lipinski definition) is 2. The van der Waals surface area contributed by atoms with Crippen molar-refractivity contribution < 1.29 is 4.74 Å². The number of nitrogens with one attached hydrogen (secondary N) is 1. The molecule has 0 aliphatic carbocycles. The largest absolute Gasteiger partial charge is 0.494 e. The molecule has 0 fully saturated rings. The summed E-state index contributed by atoms with van der Waals surface area (Å²) in [4.78, 5) is 15.2. The zero-order valence-corrected chi connectivity index (χ0v) is 15.7. The van der Waals surface area contributed by atoms with Gasteiger partial charge in [0.25, 0.3) is 0 Å². The van der Waals surface area contributed by atoms with E-state index >= 15 is 0 Å². The molecular weight excluding hydrogens is 410 g/mol. The van der Waals surface area contributed by atoms with Gasteiger partial charge in [0.15, 0.2) is 0 Å². The molecule has 0 atom stereocenters. The summed E-state index contributed by atoms with van der Waals surface area (Å²) in [5.41, 5.74) is 1.85. The highest BCUT2D eigenvalue weighted by molar-refractivity contribution is 9.11. The summed E-state index contributed by atoms with van der Waals surface area (Å²) in [6, 6.07) is 9.85. The van der Waals surface area contributed by atoms with Gasteiger partial charge < -0.3 is 9.72 Å². The number of aromatic amines is 1. The Hall–Kier alpha value is -1.07. The normalized spacial score (nSPS) is 10.7. The fourth-order valence-electron chi connectivity index (χ4n) is 2.20. The lowest BCUT2D eigenvalue weighted by Crippen LogP contribution is -2.11. The molecule has 0 aliphatic heterocycles. The van der Waals surface area contributed by atoms with Crippen LogP contribution in [0.15, 0.2) is 44.1 Å². The zero-order chi connectivity index (χ0) is 15.9. The maximum absolute atomic E-state index is 12.0. The van der Waals surface area contributed by atoms with Crippen LogP contribution in [0.2, 0.25) is 0 Å². The Balaban J connectivity index is 1.74. The molecule has 0 spiro atoms. The third-order valence-electron chi connectivity index (χ3n) is 3.41. The molecule has 1 aromatic heterocycles. The van der Waals surface area contributed by atoms with Crippen LogP contribution in [0.3, 0.4) is 0 Å². The van der Waals surface area contributed by atoms with E-state index in [-0.39, 0.29) is 5.43 Å². The third-order valence-corrected chi connectivity index (χ3v) is 5.21. The van der Waals surface area contributed by atoms with E-state index in [1.807, 2.05) is 37.3 Å². The van der Waals surface area contributed by atoms with Crippen molar-refractivity contribution in [2.75, 3.05) is 6.61 Å². The molecule has 0 amide bonds. The molecule has 118 valence electrons. The first-order valence-corrected chi connectivity index (χ1v) is 8.93. The molecule has 1 aromatic carbocycles. The Morgan fingerprint density at radius 2 is 1.77 bits per heavy atom. The smallest absolute Gasteiger partial charge is 0.210 e. The van der Waals surface area contributed by atoms with Crippen LogP contribution in [0.1, 0.15) is 30.7 Å².